The number of hydrogen-bond acceptors (Lipinski definition) is 2. The molecule has 0 unspecified atom stereocenters. The van der Waals surface area contributed by atoms with Crippen molar-refractivity contribution in [2.75, 3.05) is 0 Å². The Bertz CT molecular complexity index is 911. The van der Waals surface area contributed by atoms with Gasteiger partial charge in [-0.1, -0.05) is 61.5 Å². The summed E-state index contributed by atoms with van der Waals surface area (Å²) in [6, 6.07) is 26.5. The lowest BCUT2D eigenvalue weighted by Gasteiger charge is -2.05. The van der Waals surface area contributed by atoms with E-state index in [1.807, 2.05) is 11.3 Å². The van der Waals surface area contributed by atoms with Crippen molar-refractivity contribution < 1.29 is 0 Å². The Morgan fingerprint density at radius 1 is 0.625 bits per heavy atom. The van der Waals surface area contributed by atoms with Crippen LogP contribution >= 0.6 is 22.7 Å². The fourth-order valence-electron chi connectivity index (χ4n) is 2.80. The minimum atomic E-state index is 1.09. The van der Waals surface area contributed by atoms with Crippen LogP contribution < -0.4 is 0 Å². The lowest BCUT2D eigenvalue weighted by molar-refractivity contribution is 1.14. The summed E-state index contributed by atoms with van der Waals surface area (Å²) in [5.74, 6) is 0. The van der Waals surface area contributed by atoms with Gasteiger partial charge in [0.15, 0.2) is 0 Å². The minimum absolute atomic E-state index is 1.09. The van der Waals surface area contributed by atoms with E-state index in [0.717, 1.165) is 6.42 Å². The molecule has 24 heavy (non-hydrogen) atoms. The van der Waals surface area contributed by atoms with E-state index in [0.29, 0.717) is 0 Å². The average Bonchev–Trinajstić information content (AvgIpc) is 3.33. The van der Waals surface area contributed by atoms with E-state index < -0.39 is 0 Å². The first-order valence-electron chi connectivity index (χ1n) is 8.17. The van der Waals surface area contributed by atoms with Gasteiger partial charge in [0.25, 0.3) is 0 Å². The summed E-state index contributed by atoms with van der Waals surface area (Å²) in [7, 11) is 0. The molecule has 0 aliphatic heterocycles. The molecule has 0 atom stereocenters. The highest BCUT2D eigenvalue weighted by Gasteiger charge is 2.06. The van der Waals surface area contributed by atoms with Crippen molar-refractivity contribution in [1.82, 2.24) is 0 Å². The van der Waals surface area contributed by atoms with Gasteiger partial charge in [0.05, 0.1) is 0 Å². The van der Waals surface area contributed by atoms with E-state index >= 15 is 0 Å². The highest BCUT2D eigenvalue weighted by molar-refractivity contribution is 7.23. The third-order valence-electron chi connectivity index (χ3n) is 4.23. The lowest BCUT2D eigenvalue weighted by Crippen LogP contribution is -1.81. The van der Waals surface area contributed by atoms with Gasteiger partial charge in [0.1, 0.15) is 0 Å². The lowest BCUT2D eigenvalue weighted by atomic mass is 10.0. The zero-order chi connectivity index (χ0) is 16.4. The van der Waals surface area contributed by atoms with Crippen LogP contribution in [-0.4, -0.2) is 0 Å². The van der Waals surface area contributed by atoms with Crippen molar-refractivity contribution in [2.24, 2.45) is 0 Å². The molecule has 2 aromatic carbocycles. The fraction of sp³-hybridized carbons (Fsp3) is 0.0909. The van der Waals surface area contributed by atoms with Crippen LogP contribution in [0.4, 0.5) is 0 Å². The quantitative estimate of drug-likeness (QED) is 0.362. The van der Waals surface area contributed by atoms with Crippen molar-refractivity contribution in [3.8, 4) is 31.3 Å². The zero-order valence-corrected chi connectivity index (χ0v) is 15.2. The fourth-order valence-corrected chi connectivity index (χ4v) is 4.65. The van der Waals surface area contributed by atoms with Crippen LogP contribution in [0.5, 0.6) is 0 Å². The predicted octanol–water partition coefficient (Wildman–Crippen LogP) is 7.37. The average molecular weight is 347 g/mol. The molecule has 0 radical (unpaired) electrons. The van der Waals surface area contributed by atoms with Crippen LogP contribution in [0.2, 0.25) is 0 Å². The molecule has 118 valence electrons. The van der Waals surface area contributed by atoms with Crippen LogP contribution in [0.1, 0.15) is 12.5 Å². The molecule has 0 N–H and O–H groups in total. The molecule has 0 nitrogen and oxygen atoms in total. The first-order chi connectivity index (χ1) is 11.8. The largest absolute Gasteiger partial charge is 0.143 e. The van der Waals surface area contributed by atoms with Crippen molar-refractivity contribution >= 4 is 22.7 Å². The molecule has 0 saturated carbocycles. The summed E-state index contributed by atoms with van der Waals surface area (Å²) in [6.07, 6.45) is 1.09. The molecule has 4 rings (SSSR count). The molecule has 0 saturated heterocycles. The highest BCUT2D eigenvalue weighted by Crippen LogP contribution is 2.37. The normalized spacial score (nSPS) is 10.9. The second-order valence-corrected chi connectivity index (χ2v) is 7.80. The van der Waals surface area contributed by atoms with Gasteiger partial charge >= 0.3 is 0 Å². The first-order valence-corrected chi connectivity index (χ1v) is 9.86. The molecule has 0 aliphatic carbocycles. The van der Waals surface area contributed by atoms with Gasteiger partial charge in [-0.3, -0.25) is 0 Å². The monoisotopic (exact) mass is 346 g/mol. The molecule has 2 heterocycles. The van der Waals surface area contributed by atoms with Gasteiger partial charge in [-0.2, -0.15) is 0 Å². The second-order valence-electron chi connectivity index (χ2n) is 5.77. The first kappa shape index (κ1) is 15.4. The Hall–Kier alpha value is -2.16. The number of thiophene rings is 2. The summed E-state index contributed by atoms with van der Waals surface area (Å²) < 4.78 is 0. The van der Waals surface area contributed by atoms with Crippen LogP contribution in [0, 0.1) is 0 Å². The van der Waals surface area contributed by atoms with Gasteiger partial charge in [-0.25, -0.2) is 0 Å². The van der Waals surface area contributed by atoms with Crippen LogP contribution in [0.15, 0.2) is 78.2 Å². The maximum atomic E-state index is 2.23. The molecular weight excluding hydrogens is 328 g/mol. The Morgan fingerprint density at radius 3 is 1.88 bits per heavy atom. The zero-order valence-electron chi connectivity index (χ0n) is 13.5. The van der Waals surface area contributed by atoms with E-state index in [1.54, 1.807) is 11.3 Å². The summed E-state index contributed by atoms with van der Waals surface area (Å²) in [6.45, 7) is 2.19. The van der Waals surface area contributed by atoms with Gasteiger partial charge in [-0.15, -0.1) is 22.7 Å². The topological polar surface area (TPSA) is 0 Å². The molecule has 4 aromatic rings. The van der Waals surface area contributed by atoms with E-state index in [9.17, 15) is 0 Å². The van der Waals surface area contributed by atoms with Gasteiger partial charge in [0.2, 0.25) is 0 Å². The number of aryl methyl sites for hydroxylation is 1. The third-order valence-corrected chi connectivity index (χ3v) is 6.43. The molecule has 2 heteroatoms. The standard InChI is InChI=1S/C22H18S2/c1-2-16-5-7-17(8-6-16)18-9-11-19(12-10-18)20-13-14-22(24-20)21-4-3-15-23-21/h3-15H,2H2,1H3. The summed E-state index contributed by atoms with van der Waals surface area (Å²) >= 11 is 3.66. The summed E-state index contributed by atoms with van der Waals surface area (Å²) in [5.41, 5.74) is 5.23. The Labute approximate surface area is 151 Å². The molecule has 0 fully saturated rings. The molecule has 0 aliphatic rings. The number of hydrogen-bond donors (Lipinski definition) is 0. The molecule has 0 bridgehead atoms. The van der Waals surface area contributed by atoms with E-state index in [1.165, 1.54) is 36.9 Å². The molecule has 0 amide bonds. The van der Waals surface area contributed by atoms with E-state index in [2.05, 4.69) is 85.1 Å². The van der Waals surface area contributed by atoms with Crippen molar-refractivity contribution in [1.29, 1.82) is 0 Å². The van der Waals surface area contributed by atoms with Crippen molar-refractivity contribution in [3.63, 3.8) is 0 Å². The molecule has 0 spiro atoms. The third kappa shape index (κ3) is 3.08. The van der Waals surface area contributed by atoms with Crippen LogP contribution in [-0.2, 0) is 6.42 Å². The number of benzene rings is 2. The minimum Gasteiger partial charge on any atom is -0.143 e. The summed E-state index contributed by atoms with van der Waals surface area (Å²) in [5, 5.41) is 2.13. The smallest absolute Gasteiger partial charge is 0.0449 e. The maximum Gasteiger partial charge on any atom is 0.0449 e. The summed E-state index contributed by atoms with van der Waals surface area (Å²) in [4.78, 5) is 4.02. The second kappa shape index (κ2) is 6.76. The van der Waals surface area contributed by atoms with Crippen LogP contribution in [0.3, 0.4) is 0 Å². The Balaban J connectivity index is 1.59. The SMILES string of the molecule is CCc1ccc(-c2ccc(-c3ccc(-c4cccs4)s3)cc2)cc1. The van der Waals surface area contributed by atoms with E-state index in [4.69, 9.17) is 0 Å². The van der Waals surface area contributed by atoms with Gasteiger partial charge in [-0.05, 0) is 52.3 Å². The predicted molar refractivity (Wildman–Crippen MR) is 108 cm³/mol. The highest BCUT2D eigenvalue weighted by atomic mass is 32.1. The van der Waals surface area contributed by atoms with Crippen molar-refractivity contribution in [2.45, 2.75) is 13.3 Å². The Kier molecular flexibility index (Phi) is 4.33. The Morgan fingerprint density at radius 2 is 1.25 bits per heavy atom. The van der Waals surface area contributed by atoms with Gasteiger partial charge < -0.3 is 0 Å². The molecular formula is C22H18S2. The van der Waals surface area contributed by atoms with E-state index in [-0.39, 0.29) is 0 Å². The van der Waals surface area contributed by atoms with Crippen molar-refractivity contribution in [3.05, 3.63) is 83.7 Å². The molecule has 2 aromatic heterocycles. The maximum absolute atomic E-state index is 2.23. The van der Waals surface area contributed by atoms with Crippen LogP contribution in [0.25, 0.3) is 31.3 Å². The number of rotatable bonds is 4. The van der Waals surface area contributed by atoms with Gasteiger partial charge in [0, 0.05) is 14.6 Å².